The molecule has 0 fully saturated rings. The van der Waals surface area contributed by atoms with E-state index in [1.165, 1.54) is 18.2 Å². The van der Waals surface area contributed by atoms with Crippen LogP contribution in [0.3, 0.4) is 0 Å². The standard InChI is InChI=1S/C26H21ClN2O5/c1-14-7-10-22(15(2)11-14)29-24(31)18-9-8-17(12-19(18)25(29)32)26(33)34-13-23(30)28-21-6-4-5-20(27)16(21)3/h4-12H,13H2,1-3H3,(H,28,30). The summed E-state index contributed by atoms with van der Waals surface area (Å²) in [6.45, 7) is 4.98. The van der Waals surface area contributed by atoms with Gasteiger partial charge in [-0.05, 0) is 68.3 Å². The van der Waals surface area contributed by atoms with Crippen LogP contribution in [0.4, 0.5) is 11.4 Å². The molecule has 0 aliphatic carbocycles. The number of nitrogens with one attached hydrogen (secondary N) is 1. The van der Waals surface area contributed by atoms with Crippen LogP contribution in [0.5, 0.6) is 0 Å². The number of ether oxygens (including phenoxy) is 1. The van der Waals surface area contributed by atoms with Crippen molar-refractivity contribution in [3.8, 4) is 0 Å². The topological polar surface area (TPSA) is 92.8 Å². The second-order valence-corrected chi connectivity index (χ2v) is 8.44. The number of fused-ring (bicyclic) bond motifs is 1. The summed E-state index contributed by atoms with van der Waals surface area (Å²) in [6.07, 6.45) is 0. The van der Waals surface area contributed by atoms with Gasteiger partial charge in [0.15, 0.2) is 6.61 Å². The second kappa shape index (κ2) is 9.11. The van der Waals surface area contributed by atoms with Crippen LogP contribution in [-0.4, -0.2) is 30.3 Å². The molecule has 0 saturated heterocycles. The second-order valence-electron chi connectivity index (χ2n) is 8.03. The predicted octanol–water partition coefficient (Wildman–Crippen LogP) is 4.86. The van der Waals surface area contributed by atoms with E-state index >= 15 is 0 Å². The van der Waals surface area contributed by atoms with Gasteiger partial charge in [0.1, 0.15) is 0 Å². The van der Waals surface area contributed by atoms with Gasteiger partial charge in [-0.2, -0.15) is 0 Å². The van der Waals surface area contributed by atoms with Gasteiger partial charge < -0.3 is 10.1 Å². The normalized spacial score (nSPS) is 12.5. The Labute approximate surface area is 201 Å². The van der Waals surface area contributed by atoms with Crippen molar-refractivity contribution in [2.24, 2.45) is 0 Å². The van der Waals surface area contributed by atoms with Gasteiger partial charge in [-0.1, -0.05) is 35.4 Å². The van der Waals surface area contributed by atoms with E-state index in [4.69, 9.17) is 16.3 Å². The first-order valence-corrected chi connectivity index (χ1v) is 10.9. The van der Waals surface area contributed by atoms with E-state index in [0.29, 0.717) is 22.0 Å². The first-order chi connectivity index (χ1) is 16.2. The van der Waals surface area contributed by atoms with Crippen molar-refractivity contribution in [1.82, 2.24) is 0 Å². The zero-order valence-corrected chi connectivity index (χ0v) is 19.5. The van der Waals surface area contributed by atoms with Crippen molar-refractivity contribution in [3.63, 3.8) is 0 Å². The molecule has 3 aromatic rings. The molecule has 7 nitrogen and oxygen atoms in total. The molecule has 0 saturated carbocycles. The van der Waals surface area contributed by atoms with Gasteiger partial charge in [-0.25, -0.2) is 9.69 Å². The largest absolute Gasteiger partial charge is 0.452 e. The lowest BCUT2D eigenvalue weighted by Gasteiger charge is -2.16. The summed E-state index contributed by atoms with van der Waals surface area (Å²) < 4.78 is 5.10. The molecule has 0 unspecified atom stereocenters. The van der Waals surface area contributed by atoms with E-state index < -0.39 is 30.3 Å². The molecule has 0 aromatic heterocycles. The zero-order valence-electron chi connectivity index (χ0n) is 18.8. The fraction of sp³-hybridized carbons (Fsp3) is 0.154. The summed E-state index contributed by atoms with van der Waals surface area (Å²) in [5.74, 6) is -2.29. The number of carbonyl (C=O) groups is 4. The van der Waals surface area contributed by atoms with Gasteiger partial charge in [-0.15, -0.1) is 0 Å². The minimum Gasteiger partial charge on any atom is -0.452 e. The summed E-state index contributed by atoms with van der Waals surface area (Å²) in [5, 5.41) is 3.14. The molecule has 3 amide bonds. The highest BCUT2D eigenvalue weighted by Gasteiger charge is 2.38. The van der Waals surface area contributed by atoms with Gasteiger partial charge in [0.25, 0.3) is 17.7 Å². The fourth-order valence-corrected chi connectivity index (χ4v) is 3.96. The SMILES string of the molecule is Cc1ccc(N2C(=O)c3ccc(C(=O)OCC(=O)Nc4cccc(Cl)c4C)cc3C2=O)c(C)c1. The van der Waals surface area contributed by atoms with Gasteiger partial charge in [0.05, 0.1) is 22.4 Å². The number of carbonyl (C=O) groups excluding carboxylic acids is 4. The number of amides is 3. The number of benzene rings is 3. The molecule has 0 atom stereocenters. The summed E-state index contributed by atoms with van der Waals surface area (Å²) in [6, 6.07) is 14.7. The monoisotopic (exact) mass is 476 g/mol. The number of hydrogen-bond acceptors (Lipinski definition) is 5. The van der Waals surface area contributed by atoms with Crippen LogP contribution in [0.25, 0.3) is 0 Å². The maximum absolute atomic E-state index is 13.0. The summed E-state index contributed by atoms with van der Waals surface area (Å²) >= 11 is 6.05. The molecule has 1 N–H and O–H groups in total. The van der Waals surface area contributed by atoms with E-state index in [-0.39, 0.29) is 16.7 Å². The third-order valence-corrected chi connectivity index (χ3v) is 6.00. The lowest BCUT2D eigenvalue weighted by atomic mass is 10.1. The molecular weight excluding hydrogens is 456 g/mol. The maximum atomic E-state index is 13.0. The van der Waals surface area contributed by atoms with E-state index in [2.05, 4.69) is 5.32 Å². The van der Waals surface area contributed by atoms with E-state index in [1.54, 1.807) is 31.2 Å². The average molecular weight is 477 g/mol. The summed E-state index contributed by atoms with van der Waals surface area (Å²) in [5.41, 5.74) is 3.88. The number of nitrogens with zero attached hydrogens (tertiary/aromatic N) is 1. The molecule has 1 aliphatic heterocycles. The first kappa shape index (κ1) is 23.2. The van der Waals surface area contributed by atoms with Gasteiger partial charge in [-0.3, -0.25) is 14.4 Å². The Kier molecular flexibility index (Phi) is 6.22. The summed E-state index contributed by atoms with van der Waals surface area (Å²) in [7, 11) is 0. The Hall–Kier alpha value is -3.97. The highest BCUT2D eigenvalue weighted by atomic mass is 35.5. The Morgan fingerprint density at radius 2 is 1.68 bits per heavy atom. The minimum atomic E-state index is -0.786. The number of aryl methyl sites for hydroxylation is 2. The van der Waals surface area contributed by atoms with Crippen LogP contribution < -0.4 is 10.2 Å². The molecule has 0 spiro atoms. The molecule has 34 heavy (non-hydrogen) atoms. The smallest absolute Gasteiger partial charge is 0.338 e. The number of imide groups is 1. The highest BCUT2D eigenvalue weighted by Crippen LogP contribution is 2.31. The highest BCUT2D eigenvalue weighted by molar-refractivity contribution is 6.35. The number of anilines is 2. The van der Waals surface area contributed by atoms with Gasteiger partial charge in [0.2, 0.25) is 0 Å². The number of rotatable bonds is 5. The van der Waals surface area contributed by atoms with E-state index in [0.717, 1.165) is 16.0 Å². The molecule has 172 valence electrons. The first-order valence-electron chi connectivity index (χ1n) is 10.5. The number of halogens is 1. The Morgan fingerprint density at radius 3 is 2.41 bits per heavy atom. The molecule has 1 aliphatic rings. The Bertz CT molecular complexity index is 1370. The molecule has 0 radical (unpaired) electrons. The van der Waals surface area contributed by atoms with Crippen LogP contribution >= 0.6 is 11.6 Å². The molecular formula is C26H21ClN2O5. The van der Waals surface area contributed by atoms with Crippen LogP contribution in [-0.2, 0) is 9.53 Å². The van der Waals surface area contributed by atoms with Crippen LogP contribution in [0.15, 0.2) is 54.6 Å². The van der Waals surface area contributed by atoms with Crippen LogP contribution in [0.1, 0.15) is 47.8 Å². The molecule has 8 heteroatoms. The fourth-order valence-electron chi connectivity index (χ4n) is 3.79. The van der Waals surface area contributed by atoms with Crippen LogP contribution in [0.2, 0.25) is 5.02 Å². The summed E-state index contributed by atoms with van der Waals surface area (Å²) in [4.78, 5) is 51.8. The van der Waals surface area contributed by atoms with Crippen molar-refractivity contribution in [2.45, 2.75) is 20.8 Å². The lowest BCUT2D eigenvalue weighted by molar-refractivity contribution is -0.119. The van der Waals surface area contributed by atoms with Gasteiger partial charge >= 0.3 is 5.97 Å². The lowest BCUT2D eigenvalue weighted by Crippen LogP contribution is -2.30. The van der Waals surface area contributed by atoms with Crippen molar-refractivity contribution in [1.29, 1.82) is 0 Å². The quantitative estimate of drug-likeness (QED) is 0.419. The molecule has 4 rings (SSSR count). The number of esters is 1. The zero-order chi connectivity index (χ0) is 24.6. The van der Waals surface area contributed by atoms with Crippen LogP contribution in [0, 0.1) is 20.8 Å². The third kappa shape index (κ3) is 4.30. The molecule has 3 aromatic carbocycles. The van der Waals surface area contributed by atoms with Crippen molar-refractivity contribution >= 4 is 46.7 Å². The molecule has 1 heterocycles. The average Bonchev–Trinajstić information content (AvgIpc) is 3.05. The Morgan fingerprint density at radius 1 is 0.941 bits per heavy atom. The van der Waals surface area contributed by atoms with Gasteiger partial charge in [0, 0.05) is 10.7 Å². The minimum absolute atomic E-state index is 0.0640. The van der Waals surface area contributed by atoms with Crippen molar-refractivity contribution in [3.05, 3.63) is 93.0 Å². The van der Waals surface area contributed by atoms with E-state index in [9.17, 15) is 19.2 Å². The van der Waals surface area contributed by atoms with Crippen molar-refractivity contribution < 1.29 is 23.9 Å². The molecule has 0 bridgehead atoms. The van der Waals surface area contributed by atoms with E-state index in [1.807, 2.05) is 26.0 Å². The van der Waals surface area contributed by atoms with Crippen molar-refractivity contribution in [2.75, 3.05) is 16.8 Å². The Balaban J connectivity index is 1.47. The number of hydrogen-bond donors (Lipinski definition) is 1. The predicted molar refractivity (Wildman–Crippen MR) is 129 cm³/mol. The maximum Gasteiger partial charge on any atom is 0.338 e. The third-order valence-electron chi connectivity index (χ3n) is 5.59.